The molecule has 0 bridgehead atoms. The van der Waals surface area contributed by atoms with Gasteiger partial charge in [0.15, 0.2) is 0 Å². The fraction of sp³-hybridized carbons (Fsp3) is 0.462. The van der Waals surface area contributed by atoms with Crippen LogP contribution in [0, 0.1) is 17.7 Å². The van der Waals surface area contributed by atoms with Gasteiger partial charge in [0.1, 0.15) is 5.82 Å². The number of alkyl halides is 3. The van der Waals surface area contributed by atoms with Crippen molar-refractivity contribution in [2.24, 2.45) is 11.8 Å². The molecular weight excluding hydrogens is 276 g/mol. The molecule has 3 nitrogen and oxygen atoms in total. The topological polar surface area (TPSA) is 41.1 Å². The minimum atomic E-state index is -4.81. The van der Waals surface area contributed by atoms with Crippen LogP contribution in [0.1, 0.15) is 15.9 Å². The smallest absolute Gasteiger partial charge is 0.349 e. The Bertz CT molecular complexity index is 548. The highest BCUT2D eigenvalue weighted by molar-refractivity contribution is 5.95. The van der Waals surface area contributed by atoms with Gasteiger partial charge in [0.25, 0.3) is 5.91 Å². The number of halogens is 4. The van der Waals surface area contributed by atoms with Crippen LogP contribution in [0.25, 0.3) is 0 Å². The maximum atomic E-state index is 13.8. The normalized spacial score (nSPS) is 28.1. The molecule has 108 valence electrons. The van der Waals surface area contributed by atoms with E-state index in [0.29, 0.717) is 17.9 Å². The third-order valence-corrected chi connectivity index (χ3v) is 3.94. The Balaban J connectivity index is 1.78. The number of carbonyl (C=O) groups excluding carboxylic acids is 1. The summed E-state index contributed by atoms with van der Waals surface area (Å²) in [5.74, 6) is -1.67. The zero-order chi connectivity index (χ0) is 14.5. The lowest BCUT2D eigenvalue weighted by Gasteiger charge is -2.12. The monoisotopic (exact) mass is 288 g/mol. The molecule has 3 rings (SSSR count). The molecule has 2 atom stereocenters. The fourth-order valence-electron chi connectivity index (χ4n) is 2.79. The SMILES string of the molecule is O=C(NC1C2CNCC21)c1cccc(C(F)(F)F)c1F. The third-order valence-electron chi connectivity index (χ3n) is 3.94. The van der Waals surface area contributed by atoms with E-state index in [1.165, 1.54) is 0 Å². The second-order valence-corrected chi connectivity index (χ2v) is 5.15. The van der Waals surface area contributed by atoms with Crippen LogP contribution in [0.4, 0.5) is 17.6 Å². The van der Waals surface area contributed by atoms with Crippen molar-refractivity contribution in [3.63, 3.8) is 0 Å². The van der Waals surface area contributed by atoms with Crippen LogP contribution in [0.2, 0.25) is 0 Å². The Morgan fingerprint density at radius 1 is 1.25 bits per heavy atom. The van der Waals surface area contributed by atoms with E-state index in [-0.39, 0.29) is 6.04 Å². The maximum Gasteiger partial charge on any atom is 0.419 e. The zero-order valence-electron chi connectivity index (χ0n) is 10.3. The predicted octanol–water partition coefficient (Wildman–Crippen LogP) is 1.79. The molecule has 1 aliphatic carbocycles. The number of nitrogens with one attached hydrogen (secondary N) is 2. The minimum Gasteiger partial charge on any atom is -0.349 e. The third kappa shape index (κ3) is 2.15. The first-order chi connectivity index (χ1) is 9.39. The van der Waals surface area contributed by atoms with Crippen molar-refractivity contribution in [3.8, 4) is 0 Å². The highest BCUT2D eigenvalue weighted by atomic mass is 19.4. The summed E-state index contributed by atoms with van der Waals surface area (Å²) < 4.78 is 51.5. The van der Waals surface area contributed by atoms with E-state index in [4.69, 9.17) is 0 Å². The van der Waals surface area contributed by atoms with Crippen molar-refractivity contribution in [1.82, 2.24) is 10.6 Å². The van der Waals surface area contributed by atoms with Gasteiger partial charge in [0, 0.05) is 19.1 Å². The van der Waals surface area contributed by atoms with Gasteiger partial charge >= 0.3 is 6.18 Å². The molecule has 1 heterocycles. The lowest BCUT2D eigenvalue weighted by Crippen LogP contribution is -2.33. The van der Waals surface area contributed by atoms with E-state index >= 15 is 0 Å². The van der Waals surface area contributed by atoms with Crippen LogP contribution in [0.3, 0.4) is 0 Å². The lowest BCUT2D eigenvalue weighted by atomic mass is 10.1. The molecule has 2 aliphatic rings. The molecule has 1 aliphatic heterocycles. The molecule has 1 aromatic rings. The van der Waals surface area contributed by atoms with E-state index in [1.54, 1.807) is 0 Å². The first kappa shape index (κ1) is 13.4. The molecule has 0 spiro atoms. The van der Waals surface area contributed by atoms with E-state index in [2.05, 4.69) is 10.6 Å². The van der Waals surface area contributed by atoms with Crippen LogP contribution >= 0.6 is 0 Å². The number of benzene rings is 1. The molecule has 2 fully saturated rings. The molecule has 2 N–H and O–H groups in total. The number of amides is 1. The summed E-state index contributed by atoms with van der Waals surface area (Å²) >= 11 is 0. The molecule has 0 aromatic heterocycles. The first-order valence-corrected chi connectivity index (χ1v) is 6.27. The minimum absolute atomic E-state index is 0.0577. The predicted molar refractivity (Wildman–Crippen MR) is 62.5 cm³/mol. The van der Waals surface area contributed by atoms with Gasteiger partial charge in [-0.2, -0.15) is 13.2 Å². The molecule has 1 amide bonds. The maximum absolute atomic E-state index is 13.8. The summed E-state index contributed by atoms with van der Waals surface area (Å²) in [6, 6.07) is 2.67. The van der Waals surface area contributed by atoms with Crippen LogP contribution in [0.5, 0.6) is 0 Å². The number of hydrogen-bond acceptors (Lipinski definition) is 2. The summed E-state index contributed by atoms with van der Waals surface area (Å²) in [5, 5.41) is 5.74. The molecule has 7 heteroatoms. The van der Waals surface area contributed by atoms with Gasteiger partial charge in [-0.1, -0.05) is 6.07 Å². The number of hydrogen-bond donors (Lipinski definition) is 2. The zero-order valence-corrected chi connectivity index (χ0v) is 10.3. The number of piperidine rings is 1. The number of carbonyl (C=O) groups is 1. The molecule has 1 saturated carbocycles. The van der Waals surface area contributed by atoms with Crippen LogP contribution in [-0.2, 0) is 6.18 Å². The summed E-state index contributed by atoms with van der Waals surface area (Å²) in [6.07, 6.45) is -4.81. The average molecular weight is 288 g/mol. The average Bonchev–Trinajstić information content (AvgIpc) is 2.82. The van der Waals surface area contributed by atoms with Crippen molar-refractivity contribution >= 4 is 5.91 Å². The van der Waals surface area contributed by atoms with Crippen molar-refractivity contribution in [2.45, 2.75) is 12.2 Å². The van der Waals surface area contributed by atoms with Gasteiger partial charge in [-0.15, -0.1) is 0 Å². The Kier molecular flexibility index (Phi) is 2.97. The Morgan fingerprint density at radius 2 is 1.90 bits per heavy atom. The quantitative estimate of drug-likeness (QED) is 0.815. The van der Waals surface area contributed by atoms with Crippen molar-refractivity contribution in [1.29, 1.82) is 0 Å². The first-order valence-electron chi connectivity index (χ1n) is 6.27. The fourth-order valence-corrected chi connectivity index (χ4v) is 2.79. The lowest BCUT2D eigenvalue weighted by molar-refractivity contribution is -0.140. The van der Waals surface area contributed by atoms with E-state index in [0.717, 1.165) is 25.2 Å². The number of fused-ring (bicyclic) bond motifs is 1. The van der Waals surface area contributed by atoms with Gasteiger partial charge in [-0.05, 0) is 24.0 Å². The highest BCUT2D eigenvalue weighted by Gasteiger charge is 2.53. The van der Waals surface area contributed by atoms with Crippen LogP contribution in [-0.4, -0.2) is 25.0 Å². The van der Waals surface area contributed by atoms with Crippen LogP contribution in [0.15, 0.2) is 18.2 Å². The van der Waals surface area contributed by atoms with Crippen LogP contribution < -0.4 is 10.6 Å². The van der Waals surface area contributed by atoms with Gasteiger partial charge in [0.05, 0.1) is 11.1 Å². The summed E-state index contributed by atoms with van der Waals surface area (Å²) in [4.78, 5) is 11.9. The summed E-state index contributed by atoms with van der Waals surface area (Å²) in [6.45, 7) is 1.56. The summed E-state index contributed by atoms with van der Waals surface area (Å²) in [7, 11) is 0. The van der Waals surface area contributed by atoms with Gasteiger partial charge in [-0.3, -0.25) is 4.79 Å². The Morgan fingerprint density at radius 3 is 2.50 bits per heavy atom. The second kappa shape index (κ2) is 4.44. The Labute approximate surface area is 112 Å². The van der Waals surface area contributed by atoms with Crippen molar-refractivity contribution < 1.29 is 22.4 Å². The summed E-state index contributed by atoms with van der Waals surface area (Å²) in [5.41, 5.74) is -1.97. The van der Waals surface area contributed by atoms with Crippen molar-refractivity contribution in [3.05, 3.63) is 35.1 Å². The molecule has 20 heavy (non-hydrogen) atoms. The second-order valence-electron chi connectivity index (χ2n) is 5.15. The standard InChI is InChI=1S/C13H12F4N2O/c14-10-6(2-1-3-9(10)13(15,16)17)12(20)19-11-7-4-18-5-8(7)11/h1-3,7-8,11,18H,4-5H2,(H,19,20). The van der Waals surface area contributed by atoms with Gasteiger partial charge < -0.3 is 10.6 Å². The highest BCUT2D eigenvalue weighted by Crippen LogP contribution is 2.42. The van der Waals surface area contributed by atoms with Gasteiger partial charge in [0.2, 0.25) is 0 Å². The molecular formula is C13H12F4N2O. The Hall–Kier alpha value is -1.63. The van der Waals surface area contributed by atoms with Gasteiger partial charge in [-0.25, -0.2) is 4.39 Å². The molecule has 2 unspecified atom stereocenters. The number of rotatable bonds is 2. The van der Waals surface area contributed by atoms with E-state index in [9.17, 15) is 22.4 Å². The van der Waals surface area contributed by atoms with Crippen molar-refractivity contribution in [2.75, 3.05) is 13.1 Å². The molecule has 0 radical (unpaired) electrons. The molecule has 1 saturated heterocycles. The largest absolute Gasteiger partial charge is 0.419 e. The molecule has 1 aromatic carbocycles. The van der Waals surface area contributed by atoms with E-state index < -0.39 is 29.0 Å². The van der Waals surface area contributed by atoms with E-state index in [1.807, 2.05) is 0 Å².